The van der Waals surface area contributed by atoms with E-state index in [4.69, 9.17) is 0 Å². The first-order valence-electron chi connectivity index (χ1n) is 5.25. The van der Waals surface area contributed by atoms with Crippen LogP contribution >= 0.6 is 0 Å². The fourth-order valence-electron chi connectivity index (χ4n) is 2.31. The normalized spacial score (nSPS) is 14.6. The summed E-state index contributed by atoms with van der Waals surface area (Å²) in [7, 11) is 0. The van der Waals surface area contributed by atoms with Crippen molar-refractivity contribution in [3.8, 4) is 0 Å². The molecule has 1 aromatic rings. The summed E-state index contributed by atoms with van der Waals surface area (Å²) in [5, 5.41) is 0. The molecule has 1 aliphatic carbocycles. The fourth-order valence-corrected chi connectivity index (χ4v) is 2.31. The van der Waals surface area contributed by atoms with Crippen LogP contribution in [0.4, 0.5) is 0 Å². The van der Waals surface area contributed by atoms with Gasteiger partial charge in [-0.3, -0.25) is 0 Å². The van der Waals surface area contributed by atoms with Crippen LogP contribution < -0.4 is 0 Å². The molecule has 76 valence electrons. The van der Waals surface area contributed by atoms with Crippen LogP contribution in [0.5, 0.6) is 0 Å². The molecule has 0 bridgehead atoms. The molecule has 1 aromatic carbocycles. The van der Waals surface area contributed by atoms with Gasteiger partial charge in [0.05, 0.1) is 0 Å². The third-order valence-corrected chi connectivity index (χ3v) is 2.85. The lowest BCUT2D eigenvalue weighted by atomic mass is 9.91. The zero-order chi connectivity index (χ0) is 11.0. The molecule has 0 N–H and O–H groups in total. The highest BCUT2D eigenvalue weighted by Crippen LogP contribution is 2.32. The molecular weight excluding hydrogens is 180 g/mol. The molecule has 0 unspecified atom stereocenters. The van der Waals surface area contributed by atoms with Crippen molar-refractivity contribution in [2.75, 3.05) is 0 Å². The Bertz CT molecular complexity index is 462. The van der Waals surface area contributed by atoms with E-state index in [-0.39, 0.29) is 0 Å². The predicted octanol–water partition coefficient (Wildman–Crippen LogP) is 4.12. The summed E-state index contributed by atoms with van der Waals surface area (Å²) in [6.45, 7) is 10.5. The van der Waals surface area contributed by atoms with Crippen molar-refractivity contribution in [1.82, 2.24) is 0 Å². The summed E-state index contributed by atoms with van der Waals surface area (Å²) in [5.74, 6) is 0. The second kappa shape index (κ2) is 3.54. The largest absolute Gasteiger partial charge is 0.0911 e. The van der Waals surface area contributed by atoms with Gasteiger partial charge in [-0.25, -0.2) is 0 Å². The Morgan fingerprint density at radius 2 is 1.60 bits per heavy atom. The van der Waals surface area contributed by atoms with E-state index in [1.807, 2.05) is 0 Å². The summed E-state index contributed by atoms with van der Waals surface area (Å²) in [4.78, 5) is 0. The van der Waals surface area contributed by atoms with Crippen molar-refractivity contribution in [3.05, 3.63) is 64.8 Å². The molecule has 0 aliphatic heterocycles. The minimum Gasteiger partial charge on any atom is -0.0911 e. The van der Waals surface area contributed by atoms with E-state index in [0.717, 1.165) is 5.57 Å². The van der Waals surface area contributed by atoms with Crippen LogP contribution in [0.2, 0.25) is 0 Å². The fraction of sp³-hybridized carbons (Fsp3) is 0.200. The van der Waals surface area contributed by atoms with E-state index in [1.54, 1.807) is 0 Å². The molecule has 0 heteroatoms. The van der Waals surface area contributed by atoms with Crippen molar-refractivity contribution in [3.63, 3.8) is 0 Å². The van der Waals surface area contributed by atoms with Gasteiger partial charge in [0, 0.05) is 0 Å². The lowest BCUT2D eigenvalue weighted by Crippen LogP contribution is -1.94. The van der Waals surface area contributed by atoms with Crippen LogP contribution in [-0.2, 0) is 0 Å². The molecule has 15 heavy (non-hydrogen) atoms. The van der Waals surface area contributed by atoms with E-state index < -0.39 is 0 Å². The van der Waals surface area contributed by atoms with Gasteiger partial charge in [0.25, 0.3) is 0 Å². The van der Waals surface area contributed by atoms with Gasteiger partial charge in [-0.2, -0.15) is 0 Å². The van der Waals surface area contributed by atoms with Crippen LogP contribution in [0.15, 0.2) is 42.5 Å². The van der Waals surface area contributed by atoms with Gasteiger partial charge in [0.1, 0.15) is 0 Å². The van der Waals surface area contributed by atoms with Gasteiger partial charge in [-0.05, 0) is 48.6 Å². The number of hydrogen-bond donors (Lipinski definition) is 0. The smallest absolute Gasteiger partial charge is 0.0112 e. The van der Waals surface area contributed by atoms with Crippen molar-refractivity contribution >= 4 is 5.57 Å². The molecule has 0 radical (unpaired) electrons. The maximum absolute atomic E-state index is 4.06. The first kappa shape index (κ1) is 9.97. The molecule has 0 saturated carbocycles. The molecular formula is C15H16. The van der Waals surface area contributed by atoms with Gasteiger partial charge >= 0.3 is 0 Å². The number of rotatable bonds is 1. The maximum Gasteiger partial charge on any atom is -0.0112 e. The SMILES string of the molecule is C=C1C=CC=C1c1c(C)cc(C)cc1C. The Morgan fingerprint density at radius 3 is 2.07 bits per heavy atom. The highest BCUT2D eigenvalue weighted by atomic mass is 14.2. The van der Waals surface area contributed by atoms with E-state index in [1.165, 1.54) is 27.8 Å². The zero-order valence-electron chi connectivity index (χ0n) is 9.59. The molecule has 0 nitrogen and oxygen atoms in total. The molecule has 0 amide bonds. The third-order valence-electron chi connectivity index (χ3n) is 2.85. The minimum absolute atomic E-state index is 1.12. The standard InChI is InChI=1S/C15H16/c1-10-8-12(3)15(13(4)9-10)14-7-5-6-11(14)2/h5-9H,2H2,1,3-4H3. The molecule has 0 atom stereocenters. The zero-order valence-corrected chi connectivity index (χ0v) is 9.59. The van der Waals surface area contributed by atoms with Crippen LogP contribution in [-0.4, -0.2) is 0 Å². The highest BCUT2D eigenvalue weighted by Gasteiger charge is 2.12. The number of allylic oxidation sites excluding steroid dienone is 5. The van der Waals surface area contributed by atoms with Crippen LogP contribution in [0, 0.1) is 20.8 Å². The summed E-state index contributed by atoms with van der Waals surface area (Å²) in [6.07, 6.45) is 6.28. The Labute approximate surface area is 91.6 Å². The maximum atomic E-state index is 4.06. The molecule has 0 heterocycles. The number of aryl methyl sites for hydroxylation is 3. The van der Waals surface area contributed by atoms with Gasteiger partial charge in [-0.15, -0.1) is 0 Å². The predicted molar refractivity (Wildman–Crippen MR) is 66.9 cm³/mol. The van der Waals surface area contributed by atoms with E-state index in [2.05, 4.69) is 57.7 Å². The van der Waals surface area contributed by atoms with Crippen molar-refractivity contribution in [2.45, 2.75) is 20.8 Å². The van der Waals surface area contributed by atoms with Crippen molar-refractivity contribution < 1.29 is 0 Å². The Morgan fingerprint density at radius 1 is 1.00 bits per heavy atom. The minimum atomic E-state index is 1.12. The molecule has 0 spiro atoms. The second-order valence-electron chi connectivity index (χ2n) is 4.24. The summed E-state index contributed by atoms with van der Waals surface area (Å²) in [5.41, 5.74) is 7.73. The molecule has 0 aromatic heterocycles. The summed E-state index contributed by atoms with van der Waals surface area (Å²) < 4.78 is 0. The van der Waals surface area contributed by atoms with E-state index in [9.17, 15) is 0 Å². The van der Waals surface area contributed by atoms with Crippen LogP contribution in [0.1, 0.15) is 22.3 Å². The number of hydrogen-bond acceptors (Lipinski definition) is 0. The lowest BCUT2D eigenvalue weighted by molar-refractivity contribution is 1.29. The third kappa shape index (κ3) is 1.68. The van der Waals surface area contributed by atoms with Gasteiger partial charge in [0.2, 0.25) is 0 Å². The first-order valence-corrected chi connectivity index (χ1v) is 5.25. The topological polar surface area (TPSA) is 0 Å². The quantitative estimate of drug-likeness (QED) is 0.633. The average molecular weight is 196 g/mol. The molecule has 1 aliphatic rings. The van der Waals surface area contributed by atoms with Gasteiger partial charge < -0.3 is 0 Å². The Hall–Kier alpha value is -1.56. The van der Waals surface area contributed by atoms with Crippen LogP contribution in [0.25, 0.3) is 5.57 Å². The molecule has 0 saturated heterocycles. The van der Waals surface area contributed by atoms with Crippen molar-refractivity contribution in [1.29, 1.82) is 0 Å². The monoisotopic (exact) mass is 196 g/mol. The Balaban J connectivity index is 2.59. The summed E-state index contributed by atoms with van der Waals surface area (Å²) in [6, 6.07) is 4.46. The van der Waals surface area contributed by atoms with Crippen molar-refractivity contribution in [2.24, 2.45) is 0 Å². The average Bonchev–Trinajstić information content (AvgIpc) is 2.50. The van der Waals surface area contributed by atoms with Gasteiger partial charge in [-0.1, -0.05) is 42.5 Å². The molecule has 2 rings (SSSR count). The van der Waals surface area contributed by atoms with E-state index in [0.29, 0.717) is 0 Å². The lowest BCUT2D eigenvalue weighted by Gasteiger charge is -2.13. The summed E-state index contributed by atoms with van der Waals surface area (Å²) >= 11 is 0. The van der Waals surface area contributed by atoms with Gasteiger partial charge in [0.15, 0.2) is 0 Å². The first-order chi connectivity index (χ1) is 7.09. The Kier molecular flexibility index (Phi) is 2.36. The molecule has 0 fully saturated rings. The van der Waals surface area contributed by atoms with E-state index >= 15 is 0 Å². The van der Waals surface area contributed by atoms with Crippen LogP contribution in [0.3, 0.4) is 0 Å². The number of benzene rings is 1. The second-order valence-corrected chi connectivity index (χ2v) is 4.24. The highest BCUT2D eigenvalue weighted by molar-refractivity contribution is 5.87.